The normalized spacial score (nSPS) is 14.1. The van der Waals surface area contributed by atoms with E-state index in [-0.39, 0.29) is 29.9 Å². The molecule has 0 fully saturated rings. The molecule has 0 aliphatic carbocycles. The molecule has 1 rings (SSSR count). The maximum Gasteiger partial charge on any atom is 0.295 e. The number of halogens is 1. The van der Waals surface area contributed by atoms with E-state index in [9.17, 15) is 14.5 Å². The Bertz CT molecular complexity index is 451. The summed E-state index contributed by atoms with van der Waals surface area (Å²) in [5, 5.41) is 22.8. The number of aryl methyl sites for hydroxylation is 1. The molecule has 2 N–H and O–H groups in total. The minimum Gasteiger partial charge on any atom is -0.396 e. The summed E-state index contributed by atoms with van der Waals surface area (Å²) in [6.45, 7) is 5.15. The van der Waals surface area contributed by atoms with Crippen molar-refractivity contribution >= 4 is 11.4 Å². The van der Waals surface area contributed by atoms with Crippen LogP contribution in [0.15, 0.2) is 12.1 Å². The zero-order valence-corrected chi connectivity index (χ0v) is 10.6. The summed E-state index contributed by atoms with van der Waals surface area (Å²) in [5.41, 5.74) is 0.314. The molecule has 0 aliphatic heterocycles. The first-order valence-corrected chi connectivity index (χ1v) is 5.68. The highest BCUT2D eigenvalue weighted by Gasteiger charge is 2.20. The molecule has 0 amide bonds. The van der Waals surface area contributed by atoms with E-state index in [1.807, 2.05) is 13.8 Å². The fourth-order valence-electron chi connectivity index (χ4n) is 1.48. The minimum atomic E-state index is -0.624. The number of hydrogen-bond acceptors (Lipinski definition) is 4. The molecule has 1 aromatic rings. The molecule has 5 nitrogen and oxygen atoms in total. The molecule has 0 bridgehead atoms. The number of aliphatic hydroxyl groups is 1. The summed E-state index contributed by atoms with van der Waals surface area (Å²) >= 11 is 0. The van der Waals surface area contributed by atoms with Gasteiger partial charge in [0.05, 0.1) is 11.0 Å². The number of anilines is 1. The summed E-state index contributed by atoms with van der Waals surface area (Å²) in [4.78, 5) is 10.2. The lowest BCUT2D eigenvalue weighted by Crippen LogP contribution is -2.26. The van der Waals surface area contributed by atoms with Crippen molar-refractivity contribution in [2.24, 2.45) is 5.92 Å². The summed E-state index contributed by atoms with van der Waals surface area (Å²) < 4.78 is 13.3. The third-order valence-corrected chi connectivity index (χ3v) is 3.00. The molecule has 6 heteroatoms. The molecular weight excluding hydrogens is 239 g/mol. The van der Waals surface area contributed by atoms with Crippen molar-refractivity contribution in [2.45, 2.75) is 26.8 Å². The Hall–Kier alpha value is -1.69. The van der Waals surface area contributed by atoms with Crippen LogP contribution in [0.5, 0.6) is 0 Å². The van der Waals surface area contributed by atoms with E-state index in [0.29, 0.717) is 5.56 Å². The van der Waals surface area contributed by atoms with Gasteiger partial charge in [0.25, 0.3) is 5.69 Å². The van der Waals surface area contributed by atoms with E-state index in [0.717, 1.165) is 6.07 Å². The molecule has 2 atom stereocenters. The van der Waals surface area contributed by atoms with E-state index in [1.165, 1.54) is 6.07 Å². The third-order valence-electron chi connectivity index (χ3n) is 3.00. The molecule has 2 unspecified atom stereocenters. The second-order valence-corrected chi connectivity index (χ2v) is 4.47. The standard InChI is InChI=1S/C12H17FN2O3/c1-7-4-11(14-9(3)8(2)6-16)12(15(17)18)5-10(7)13/h4-5,8-9,14,16H,6H2,1-3H3. The van der Waals surface area contributed by atoms with E-state index < -0.39 is 10.7 Å². The van der Waals surface area contributed by atoms with Crippen LogP contribution in [0.3, 0.4) is 0 Å². The highest BCUT2D eigenvalue weighted by atomic mass is 19.1. The van der Waals surface area contributed by atoms with Crippen molar-refractivity contribution in [3.8, 4) is 0 Å². The summed E-state index contributed by atoms with van der Waals surface area (Å²) in [5.74, 6) is -0.662. The Morgan fingerprint density at radius 1 is 1.50 bits per heavy atom. The van der Waals surface area contributed by atoms with E-state index >= 15 is 0 Å². The second-order valence-electron chi connectivity index (χ2n) is 4.47. The van der Waals surface area contributed by atoms with Gasteiger partial charge < -0.3 is 10.4 Å². The van der Waals surface area contributed by atoms with Crippen LogP contribution in [-0.4, -0.2) is 22.7 Å². The number of nitro groups is 1. The fraction of sp³-hybridized carbons (Fsp3) is 0.500. The van der Waals surface area contributed by atoms with Crippen molar-refractivity contribution in [2.75, 3.05) is 11.9 Å². The first kappa shape index (κ1) is 14.4. The zero-order valence-electron chi connectivity index (χ0n) is 10.6. The summed E-state index contributed by atoms with van der Waals surface area (Å²) in [6, 6.07) is 2.17. The SMILES string of the molecule is Cc1cc(NC(C)C(C)CO)c([N+](=O)[O-])cc1F. The molecule has 0 saturated heterocycles. The molecule has 18 heavy (non-hydrogen) atoms. The molecule has 0 spiro atoms. The molecule has 100 valence electrons. The van der Waals surface area contributed by atoms with Gasteiger partial charge in [-0.15, -0.1) is 0 Å². The summed E-state index contributed by atoms with van der Waals surface area (Å²) in [7, 11) is 0. The molecule has 0 radical (unpaired) electrons. The molecule has 0 saturated carbocycles. The van der Waals surface area contributed by atoms with Crippen LogP contribution in [0, 0.1) is 28.8 Å². The smallest absolute Gasteiger partial charge is 0.295 e. The van der Waals surface area contributed by atoms with Gasteiger partial charge in [0.1, 0.15) is 11.5 Å². The quantitative estimate of drug-likeness (QED) is 0.627. The van der Waals surface area contributed by atoms with Gasteiger partial charge in [-0.2, -0.15) is 0 Å². The minimum absolute atomic E-state index is 0.0257. The van der Waals surface area contributed by atoms with Gasteiger partial charge in [-0.05, 0) is 31.4 Å². The topological polar surface area (TPSA) is 75.4 Å². The van der Waals surface area contributed by atoms with Crippen molar-refractivity contribution < 1.29 is 14.4 Å². The van der Waals surface area contributed by atoms with Crippen molar-refractivity contribution in [3.63, 3.8) is 0 Å². The van der Waals surface area contributed by atoms with Crippen LogP contribution >= 0.6 is 0 Å². The summed E-state index contributed by atoms with van der Waals surface area (Å²) in [6.07, 6.45) is 0. The maximum atomic E-state index is 13.3. The Morgan fingerprint density at radius 2 is 2.11 bits per heavy atom. The largest absolute Gasteiger partial charge is 0.396 e. The zero-order chi connectivity index (χ0) is 13.9. The van der Waals surface area contributed by atoms with Gasteiger partial charge in [-0.1, -0.05) is 6.92 Å². The molecular formula is C12H17FN2O3. The lowest BCUT2D eigenvalue weighted by atomic mass is 10.0. The van der Waals surface area contributed by atoms with Crippen LogP contribution in [0.1, 0.15) is 19.4 Å². The van der Waals surface area contributed by atoms with Crippen LogP contribution < -0.4 is 5.32 Å². The van der Waals surface area contributed by atoms with Crippen molar-refractivity contribution in [3.05, 3.63) is 33.6 Å². The van der Waals surface area contributed by atoms with Crippen LogP contribution in [0.25, 0.3) is 0 Å². The molecule has 0 aliphatic rings. The van der Waals surface area contributed by atoms with Gasteiger partial charge in [-0.3, -0.25) is 10.1 Å². The molecule has 1 aromatic carbocycles. The fourth-order valence-corrected chi connectivity index (χ4v) is 1.48. The number of nitro benzene ring substituents is 1. The Morgan fingerprint density at radius 3 is 2.61 bits per heavy atom. The lowest BCUT2D eigenvalue weighted by Gasteiger charge is -2.20. The average Bonchev–Trinajstić information content (AvgIpc) is 2.31. The van der Waals surface area contributed by atoms with Gasteiger partial charge in [0, 0.05) is 12.6 Å². The number of nitrogens with one attached hydrogen (secondary N) is 1. The maximum absolute atomic E-state index is 13.3. The van der Waals surface area contributed by atoms with Gasteiger partial charge >= 0.3 is 0 Å². The van der Waals surface area contributed by atoms with E-state index in [1.54, 1.807) is 6.92 Å². The average molecular weight is 256 g/mol. The third kappa shape index (κ3) is 3.16. The number of benzene rings is 1. The second kappa shape index (κ2) is 5.77. The first-order valence-electron chi connectivity index (χ1n) is 5.68. The lowest BCUT2D eigenvalue weighted by molar-refractivity contribution is -0.384. The van der Waals surface area contributed by atoms with Gasteiger partial charge in [-0.25, -0.2) is 4.39 Å². The number of aliphatic hydroxyl groups excluding tert-OH is 1. The van der Waals surface area contributed by atoms with Crippen LogP contribution in [0.4, 0.5) is 15.8 Å². The Balaban J connectivity index is 3.07. The number of hydrogen-bond donors (Lipinski definition) is 2. The molecule has 0 heterocycles. The predicted molar refractivity (Wildman–Crippen MR) is 67.1 cm³/mol. The molecule has 0 aromatic heterocycles. The van der Waals surface area contributed by atoms with Crippen LogP contribution in [-0.2, 0) is 0 Å². The Labute approximate surface area is 105 Å². The predicted octanol–water partition coefficient (Wildman–Crippen LogP) is 2.47. The van der Waals surface area contributed by atoms with Crippen molar-refractivity contribution in [1.82, 2.24) is 0 Å². The first-order chi connectivity index (χ1) is 8.36. The van der Waals surface area contributed by atoms with E-state index in [2.05, 4.69) is 5.32 Å². The number of nitrogens with zero attached hydrogens (tertiary/aromatic N) is 1. The highest BCUT2D eigenvalue weighted by Crippen LogP contribution is 2.28. The monoisotopic (exact) mass is 256 g/mol. The van der Waals surface area contributed by atoms with Crippen LogP contribution in [0.2, 0.25) is 0 Å². The van der Waals surface area contributed by atoms with Gasteiger partial charge in [0.2, 0.25) is 0 Å². The van der Waals surface area contributed by atoms with Gasteiger partial charge in [0.15, 0.2) is 0 Å². The Kier molecular flexibility index (Phi) is 4.61. The number of rotatable bonds is 5. The van der Waals surface area contributed by atoms with E-state index in [4.69, 9.17) is 5.11 Å². The highest BCUT2D eigenvalue weighted by molar-refractivity contribution is 5.63. The van der Waals surface area contributed by atoms with Crippen molar-refractivity contribution in [1.29, 1.82) is 0 Å².